The molecule has 2 fully saturated rings. The van der Waals surface area contributed by atoms with Crippen molar-refractivity contribution in [3.8, 4) is 22.9 Å². The van der Waals surface area contributed by atoms with Gasteiger partial charge in [0.2, 0.25) is 11.8 Å². The van der Waals surface area contributed by atoms with E-state index in [0.29, 0.717) is 51.7 Å². The fourth-order valence-corrected chi connectivity index (χ4v) is 7.30. The third-order valence-electron chi connectivity index (χ3n) is 9.08. The number of anilines is 1. The number of methoxy groups -OCH3 is 2. The van der Waals surface area contributed by atoms with E-state index in [1.807, 2.05) is 53.0 Å². The first-order valence-electron chi connectivity index (χ1n) is 16.2. The summed E-state index contributed by atoms with van der Waals surface area (Å²) in [5.74, 6) is -0.440. The first kappa shape index (κ1) is 35.6. The smallest absolute Gasteiger partial charge is 0.331 e. The maximum Gasteiger partial charge on any atom is 0.331 e. The Hall–Kier alpha value is -3.68. The number of pyridine rings is 1. The van der Waals surface area contributed by atoms with Crippen LogP contribution < -0.4 is 25.8 Å². The van der Waals surface area contributed by atoms with Gasteiger partial charge in [-0.3, -0.25) is 9.59 Å². The molecule has 48 heavy (non-hydrogen) atoms. The summed E-state index contributed by atoms with van der Waals surface area (Å²) in [6.07, 6.45) is 0.748. The van der Waals surface area contributed by atoms with Crippen LogP contribution in [-0.2, 0) is 19.1 Å². The number of thiazole rings is 1. The number of benzene rings is 1. The van der Waals surface area contributed by atoms with Crippen LogP contribution in [0, 0.1) is 11.3 Å². The molecular formula is C34H45ClN6O6S. The summed E-state index contributed by atoms with van der Waals surface area (Å²) in [5, 5.41) is 9.86. The van der Waals surface area contributed by atoms with Crippen LogP contribution in [0.15, 0.2) is 23.6 Å². The number of ether oxygens (including phenoxy) is 3. The molecule has 12 nitrogen and oxygen atoms in total. The van der Waals surface area contributed by atoms with Crippen molar-refractivity contribution in [2.75, 3.05) is 26.1 Å². The monoisotopic (exact) mass is 700 g/mol. The summed E-state index contributed by atoms with van der Waals surface area (Å²) in [6, 6.07) is 3.75. The largest absolute Gasteiger partial charge is 0.495 e. The van der Waals surface area contributed by atoms with Crippen molar-refractivity contribution in [1.29, 1.82) is 0 Å². The van der Waals surface area contributed by atoms with Crippen molar-refractivity contribution < 1.29 is 28.6 Å². The third kappa shape index (κ3) is 6.90. The van der Waals surface area contributed by atoms with E-state index in [1.165, 1.54) is 30.5 Å². The molecule has 1 aliphatic heterocycles. The number of aromatic nitrogens is 2. The number of halogens is 1. The molecule has 0 radical (unpaired) electrons. The van der Waals surface area contributed by atoms with E-state index in [4.69, 9.17) is 41.5 Å². The van der Waals surface area contributed by atoms with Gasteiger partial charge in [-0.05, 0) is 43.7 Å². The zero-order valence-electron chi connectivity index (χ0n) is 28.7. The number of carbonyl (C=O) groups is 3. The van der Waals surface area contributed by atoms with E-state index in [2.05, 4.69) is 10.6 Å². The molecule has 0 bridgehead atoms. The number of likely N-dealkylation sites (tertiary alicyclic amines) is 1. The van der Waals surface area contributed by atoms with Crippen molar-refractivity contribution in [3.63, 3.8) is 0 Å². The number of fused-ring (bicyclic) bond motifs is 1. The standard InChI is InChI=1S/C34H45ClN6O6S/c1-9-18-14-34(18,31(44)46-8)40-29(42)23-12-19(15-41(23)30(43)28(36)33(4,5)6)47-25-13-21(22-16-48-32(39-22)37-17(2)3)38-27-20(25)10-11-24(45-7)26(27)35/h10-11,13,16-19,23,28H,9,12,14-15,36H2,1-8H3,(H,37,39)(H,40,42)/t18-,19-,23+,28-,34-/m1/s1. The molecule has 3 aromatic rings. The highest BCUT2D eigenvalue weighted by molar-refractivity contribution is 7.14. The second kappa shape index (κ2) is 13.7. The van der Waals surface area contributed by atoms with Crippen molar-refractivity contribution in [2.45, 2.75) is 90.6 Å². The SMILES string of the molecule is CC[C@@H]1C[C@]1(NC(=O)[C@@H]1C[C@@H](Oc2cc(-c3csc(NC(C)C)n3)nc3c(Cl)c(OC)ccc23)CN1C(=O)[C@@H](N)C(C)(C)C)C(=O)OC. The molecule has 1 aromatic carbocycles. The molecule has 2 aliphatic rings. The Morgan fingerprint density at radius 1 is 1.17 bits per heavy atom. The van der Waals surface area contributed by atoms with Crippen LogP contribution in [0.3, 0.4) is 0 Å². The molecule has 3 heterocycles. The molecule has 4 N–H and O–H groups in total. The summed E-state index contributed by atoms with van der Waals surface area (Å²) in [6.45, 7) is 11.8. The maximum absolute atomic E-state index is 13.9. The van der Waals surface area contributed by atoms with Crippen LogP contribution >= 0.6 is 22.9 Å². The predicted molar refractivity (Wildman–Crippen MR) is 186 cm³/mol. The van der Waals surface area contributed by atoms with Crippen molar-refractivity contribution in [2.24, 2.45) is 17.1 Å². The number of nitrogens with zero attached hydrogens (tertiary/aromatic N) is 3. The average Bonchev–Trinajstić information content (AvgIpc) is 3.32. The van der Waals surface area contributed by atoms with E-state index in [1.54, 1.807) is 12.1 Å². The molecule has 5 atom stereocenters. The summed E-state index contributed by atoms with van der Waals surface area (Å²) in [5.41, 5.74) is 6.40. The van der Waals surface area contributed by atoms with Gasteiger partial charge in [0, 0.05) is 29.3 Å². The van der Waals surface area contributed by atoms with Gasteiger partial charge < -0.3 is 35.5 Å². The summed E-state index contributed by atoms with van der Waals surface area (Å²) in [7, 11) is 2.84. The van der Waals surface area contributed by atoms with E-state index < -0.39 is 41.0 Å². The molecule has 1 saturated heterocycles. The Morgan fingerprint density at radius 2 is 1.90 bits per heavy atom. The van der Waals surface area contributed by atoms with Gasteiger partial charge in [-0.25, -0.2) is 14.8 Å². The molecule has 14 heteroatoms. The van der Waals surface area contributed by atoms with Crippen LogP contribution in [0.5, 0.6) is 11.5 Å². The lowest BCUT2D eigenvalue weighted by Gasteiger charge is -2.33. The summed E-state index contributed by atoms with van der Waals surface area (Å²) in [4.78, 5) is 51.6. The topological polar surface area (TPSA) is 158 Å². The van der Waals surface area contributed by atoms with Gasteiger partial charge >= 0.3 is 5.97 Å². The molecule has 0 unspecified atom stereocenters. The van der Waals surface area contributed by atoms with Gasteiger partial charge in [-0.1, -0.05) is 45.7 Å². The van der Waals surface area contributed by atoms with Gasteiger partial charge in [0.05, 0.1) is 38.0 Å². The van der Waals surface area contributed by atoms with E-state index >= 15 is 0 Å². The molecular weight excluding hydrogens is 656 g/mol. The number of nitrogens with one attached hydrogen (secondary N) is 2. The molecule has 5 rings (SSSR count). The Labute approximate surface area is 290 Å². The Bertz CT molecular complexity index is 1710. The van der Waals surface area contributed by atoms with Crippen LogP contribution in [0.25, 0.3) is 22.3 Å². The predicted octanol–water partition coefficient (Wildman–Crippen LogP) is 5.02. The molecule has 2 aromatic heterocycles. The van der Waals surface area contributed by atoms with Crippen LogP contribution in [0.1, 0.15) is 60.8 Å². The van der Waals surface area contributed by atoms with Crippen molar-refractivity contribution in [1.82, 2.24) is 20.2 Å². The Morgan fingerprint density at radius 3 is 2.50 bits per heavy atom. The molecule has 0 spiro atoms. The van der Waals surface area contributed by atoms with E-state index in [9.17, 15) is 14.4 Å². The van der Waals surface area contributed by atoms with Crippen molar-refractivity contribution >= 4 is 56.8 Å². The van der Waals surface area contributed by atoms with Gasteiger partial charge in [-0.2, -0.15) is 0 Å². The number of hydrogen-bond donors (Lipinski definition) is 3. The highest BCUT2D eigenvalue weighted by Gasteiger charge is 2.62. The van der Waals surface area contributed by atoms with Crippen LogP contribution in [-0.4, -0.2) is 83.2 Å². The quantitative estimate of drug-likeness (QED) is 0.232. The summed E-state index contributed by atoms with van der Waals surface area (Å²) < 4.78 is 17.2. The van der Waals surface area contributed by atoms with Gasteiger partial charge in [0.25, 0.3) is 0 Å². The fraction of sp³-hybridized carbons (Fsp3) is 0.559. The second-order valence-electron chi connectivity index (χ2n) is 13.9. The third-order valence-corrected chi connectivity index (χ3v) is 10.2. The van der Waals surface area contributed by atoms with Crippen LogP contribution in [0.4, 0.5) is 5.13 Å². The highest BCUT2D eigenvalue weighted by atomic mass is 35.5. The lowest BCUT2D eigenvalue weighted by molar-refractivity contribution is -0.148. The lowest BCUT2D eigenvalue weighted by atomic mass is 9.86. The summed E-state index contributed by atoms with van der Waals surface area (Å²) >= 11 is 8.23. The maximum atomic E-state index is 13.9. The molecule has 1 saturated carbocycles. The average molecular weight is 701 g/mol. The van der Waals surface area contributed by atoms with Gasteiger partial charge in [0.15, 0.2) is 5.13 Å². The number of esters is 1. The van der Waals surface area contributed by atoms with Crippen LogP contribution in [0.2, 0.25) is 5.02 Å². The minimum Gasteiger partial charge on any atom is -0.495 e. The minimum absolute atomic E-state index is 0.0475. The van der Waals surface area contributed by atoms with E-state index in [-0.39, 0.29) is 30.8 Å². The molecule has 1 aliphatic carbocycles. The van der Waals surface area contributed by atoms with Crippen molar-refractivity contribution in [3.05, 3.63) is 28.6 Å². The minimum atomic E-state index is -1.11. The lowest BCUT2D eigenvalue weighted by Crippen LogP contribution is -2.57. The second-order valence-corrected chi connectivity index (χ2v) is 15.1. The number of amides is 2. The van der Waals surface area contributed by atoms with E-state index in [0.717, 1.165) is 5.13 Å². The zero-order valence-corrected chi connectivity index (χ0v) is 30.3. The van der Waals surface area contributed by atoms with Gasteiger partial charge in [-0.15, -0.1) is 11.3 Å². The number of carbonyl (C=O) groups excluding carboxylic acids is 3. The number of hydrogen-bond acceptors (Lipinski definition) is 11. The first-order valence-corrected chi connectivity index (χ1v) is 17.4. The Kier molecular flexibility index (Phi) is 10.1. The number of nitrogens with two attached hydrogens (primary N) is 1. The zero-order chi connectivity index (χ0) is 35.1. The molecule has 2 amide bonds. The first-order chi connectivity index (χ1) is 22.6. The Balaban J connectivity index is 1.51. The highest BCUT2D eigenvalue weighted by Crippen LogP contribution is 2.47. The fourth-order valence-electron chi connectivity index (χ4n) is 6.17. The normalized spacial score (nSPS) is 22.8. The molecule has 260 valence electrons. The number of rotatable bonds is 11. The van der Waals surface area contributed by atoms with Gasteiger partial charge in [0.1, 0.15) is 39.9 Å².